The summed E-state index contributed by atoms with van der Waals surface area (Å²) in [6.07, 6.45) is 1.50. The number of aromatic nitrogens is 3. The molecule has 0 amide bonds. The van der Waals surface area contributed by atoms with Crippen LogP contribution in [-0.2, 0) is 7.05 Å². The average Bonchev–Trinajstić information content (AvgIpc) is 3.00. The zero-order chi connectivity index (χ0) is 23.7. The number of pyridine rings is 1. The predicted molar refractivity (Wildman–Crippen MR) is 122 cm³/mol. The first-order valence-electron chi connectivity index (χ1n) is 11.1. The summed E-state index contributed by atoms with van der Waals surface area (Å²) in [6.45, 7) is 3.48. The van der Waals surface area contributed by atoms with Gasteiger partial charge in [0.15, 0.2) is 0 Å². The second-order valence-corrected chi connectivity index (χ2v) is 8.80. The molecule has 0 bridgehead atoms. The fourth-order valence-corrected chi connectivity index (χ4v) is 4.64. The first-order valence-corrected chi connectivity index (χ1v) is 11.1. The number of halogens is 3. The minimum Gasteiger partial charge on any atom is -0.363 e. The Morgan fingerprint density at radius 1 is 1.15 bits per heavy atom. The molecule has 4 rings (SSSR count). The van der Waals surface area contributed by atoms with E-state index in [1.165, 1.54) is 23.0 Å². The molecule has 1 N–H and O–H groups in total. The Morgan fingerprint density at radius 2 is 1.91 bits per heavy atom. The SMILES string of the molecule is C[C@@H](Nc1ncnc2c1cc(C1CCCCN(C)C1)c(=O)n2C)c1cccc(C(F)F)c1F. The summed E-state index contributed by atoms with van der Waals surface area (Å²) < 4.78 is 42.5. The molecule has 3 aromatic rings. The molecule has 1 aromatic carbocycles. The number of likely N-dealkylation sites (tertiary alicyclic amines) is 1. The highest BCUT2D eigenvalue weighted by molar-refractivity contribution is 5.87. The third-order valence-corrected chi connectivity index (χ3v) is 6.46. The lowest BCUT2D eigenvalue weighted by Gasteiger charge is -2.22. The number of likely N-dealkylation sites (N-methyl/N-ethyl adjacent to an activating group) is 1. The van der Waals surface area contributed by atoms with Gasteiger partial charge in [-0.25, -0.2) is 23.1 Å². The molecule has 33 heavy (non-hydrogen) atoms. The Bertz CT molecular complexity index is 1210. The zero-order valence-electron chi connectivity index (χ0n) is 19.0. The summed E-state index contributed by atoms with van der Waals surface area (Å²) in [6, 6.07) is 5.18. The summed E-state index contributed by atoms with van der Waals surface area (Å²) in [7, 11) is 3.74. The summed E-state index contributed by atoms with van der Waals surface area (Å²) in [5.74, 6) is -0.417. The van der Waals surface area contributed by atoms with Crippen LogP contribution < -0.4 is 10.9 Å². The van der Waals surface area contributed by atoms with Crippen LogP contribution in [0.4, 0.5) is 19.0 Å². The molecule has 0 spiro atoms. The smallest absolute Gasteiger partial charge is 0.266 e. The molecule has 3 heterocycles. The molecule has 0 radical (unpaired) electrons. The number of benzene rings is 1. The fraction of sp³-hybridized carbons (Fsp3) is 0.458. The van der Waals surface area contributed by atoms with Gasteiger partial charge in [-0.05, 0) is 39.4 Å². The molecule has 176 valence electrons. The van der Waals surface area contributed by atoms with Crippen molar-refractivity contribution in [1.29, 1.82) is 0 Å². The highest BCUT2D eigenvalue weighted by Crippen LogP contribution is 2.31. The van der Waals surface area contributed by atoms with E-state index in [4.69, 9.17) is 0 Å². The van der Waals surface area contributed by atoms with Gasteiger partial charge < -0.3 is 10.2 Å². The Morgan fingerprint density at radius 3 is 2.67 bits per heavy atom. The maximum absolute atomic E-state index is 14.7. The van der Waals surface area contributed by atoms with E-state index in [1.807, 2.05) is 6.07 Å². The Kier molecular flexibility index (Phi) is 6.69. The van der Waals surface area contributed by atoms with Crippen LogP contribution in [0.15, 0.2) is 35.4 Å². The average molecular weight is 460 g/mol. The van der Waals surface area contributed by atoms with Gasteiger partial charge in [-0.15, -0.1) is 0 Å². The molecule has 0 aliphatic carbocycles. The van der Waals surface area contributed by atoms with Crippen molar-refractivity contribution in [3.05, 3.63) is 63.5 Å². The van der Waals surface area contributed by atoms with Crippen LogP contribution in [0.2, 0.25) is 0 Å². The van der Waals surface area contributed by atoms with E-state index in [-0.39, 0.29) is 17.0 Å². The quantitative estimate of drug-likeness (QED) is 0.595. The summed E-state index contributed by atoms with van der Waals surface area (Å²) in [5, 5.41) is 3.78. The number of alkyl halides is 2. The van der Waals surface area contributed by atoms with E-state index < -0.39 is 23.8 Å². The normalized spacial score (nSPS) is 18.5. The van der Waals surface area contributed by atoms with Crippen molar-refractivity contribution >= 4 is 16.9 Å². The van der Waals surface area contributed by atoms with E-state index >= 15 is 0 Å². The molecule has 2 aromatic heterocycles. The minimum atomic E-state index is -2.90. The van der Waals surface area contributed by atoms with Crippen molar-refractivity contribution in [2.45, 2.75) is 44.6 Å². The molecule has 6 nitrogen and oxygen atoms in total. The molecule has 0 saturated carbocycles. The van der Waals surface area contributed by atoms with Crippen LogP contribution in [0.5, 0.6) is 0 Å². The van der Waals surface area contributed by atoms with Crippen molar-refractivity contribution in [3.63, 3.8) is 0 Å². The standard InChI is InChI=1S/C24H28F3N5O/c1-14(16-8-6-9-17(20(16)25)21(26)27)30-22-19-11-18(15-7-4-5-10-31(2)12-15)24(33)32(3)23(19)29-13-28-22/h6,8-9,11,13-15,21H,4-5,7,10,12H2,1-3H3,(H,28,29,30)/t14-,15?/m1/s1. The molecule has 1 saturated heterocycles. The number of hydrogen-bond donors (Lipinski definition) is 1. The second-order valence-electron chi connectivity index (χ2n) is 8.80. The highest BCUT2D eigenvalue weighted by atomic mass is 19.3. The monoisotopic (exact) mass is 459 g/mol. The van der Waals surface area contributed by atoms with E-state index in [0.29, 0.717) is 22.4 Å². The van der Waals surface area contributed by atoms with Crippen molar-refractivity contribution in [1.82, 2.24) is 19.4 Å². The topological polar surface area (TPSA) is 63.1 Å². The minimum absolute atomic E-state index is 0.0869. The molecule has 1 aliphatic rings. The van der Waals surface area contributed by atoms with Crippen LogP contribution in [-0.4, -0.2) is 39.6 Å². The highest BCUT2D eigenvalue weighted by Gasteiger charge is 2.24. The molecular weight excluding hydrogens is 431 g/mol. The van der Waals surface area contributed by atoms with Gasteiger partial charge >= 0.3 is 0 Å². The lowest BCUT2D eigenvalue weighted by Crippen LogP contribution is -2.29. The third-order valence-electron chi connectivity index (χ3n) is 6.46. The molecule has 1 unspecified atom stereocenters. The van der Waals surface area contributed by atoms with Crippen LogP contribution in [0, 0.1) is 5.82 Å². The second kappa shape index (κ2) is 9.51. The van der Waals surface area contributed by atoms with Crippen LogP contribution >= 0.6 is 0 Å². The molecule has 1 aliphatic heterocycles. The van der Waals surface area contributed by atoms with Crippen molar-refractivity contribution in [2.24, 2.45) is 7.05 Å². The number of nitrogens with zero attached hydrogens (tertiary/aromatic N) is 4. The lowest BCUT2D eigenvalue weighted by molar-refractivity contribution is 0.146. The molecule has 2 atom stereocenters. The summed E-state index contributed by atoms with van der Waals surface area (Å²) in [4.78, 5) is 24.0. The third kappa shape index (κ3) is 4.59. The van der Waals surface area contributed by atoms with Gasteiger partial charge in [0.25, 0.3) is 12.0 Å². The van der Waals surface area contributed by atoms with E-state index in [2.05, 4.69) is 27.2 Å². The lowest BCUT2D eigenvalue weighted by atomic mass is 9.94. The van der Waals surface area contributed by atoms with Gasteiger partial charge in [-0.1, -0.05) is 24.6 Å². The largest absolute Gasteiger partial charge is 0.363 e. The van der Waals surface area contributed by atoms with Crippen LogP contribution in [0.3, 0.4) is 0 Å². The van der Waals surface area contributed by atoms with Gasteiger partial charge in [-0.3, -0.25) is 9.36 Å². The first-order chi connectivity index (χ1) is 15.8. The fourth-order valence-electron chi connectivity index (χ4n) is 4.64. The van der Waals surface area contributed by atoms with E-state index in [1.54, 1.807) is 14.0 Å². The van der Waals surface area contributed by atoms with Gasteiger partial charge in [-0.2, -0.15) is 0 Å². The number of nitrogens with one attached hydrogen (secondary N) is 1. The molecular formula is C24H28F3N5O. The maximum Gasteiger partial charge on any atom is 0.266 e. The number of hydrogen-bond acceptors (Lipinski definition) is 5. The first kappa shape index (κ1) is 23.2. The zero-order valence-corrected chi connectivity index (χ0v) is 19.0. The predicted octanol–water partition coefficient (Wildman–Crippen LogP) is 4.78. The maximum atomic E-state index is 14.7. The van der Waals surface area contributed by atoms with Gasteiger partial charge in [0.2, 0.25) is 0 Å². The van der Waals surface area contributed by atoms with Gasteiger partial charge in [0, 0.05) is 30.6 Å². The van der Waals surface area contributed by atoms with Crippen molar-refractivity contribution in [2.75, 3.05) is 25.5 Å². The van der Waals surface area contributed by atoms with Crippen LogP contribution in [0.25, 0.3) is 11.0 Å². The molecule has 9 heteroatoms. The van der Waals surface area contributed by atoms with Crippen molar-refractivity contribution in [3.8, 4) is 0 Å². The number of aryl methyl sites for hydroxylation is 1. The van der Waals surface area contributed by atoms with Gasteiger partial charge in [0.05, 0.1) is 17.0 Å². The Labute approximate surface area is 190 Å². The van der Waals surface area contributed by atoms with Crippen LogP contribution in [0.1, 0.15) is 61.3 Å². The van der Waals surface area contributed by atoms with E-state index in [9.17, 15) is 18.0 Å². The van der Waals surface area contributed by atoms with E-state index in [0.717, 1.165) is 38.4 Å². The Balaban J connectivity index is 1.75. The van der Waals surface area contributed by atoms with Crippen molar-refractivity contribution < 1.29 is 13.2 Å². The molecule has 1 fully saturated rings. The Hall–Kier alpha value is -2.94. The van der Waals surface area contributed by atoms with Gasteiger partial charge in [0.1, 0.15) is 23.6 Å². The number of rotatable bonds is 5. The summed E-state index contributed by atoms with van der Waals surface area (Å²) >= 11 is 0. The number of fused-ring (bicyclic) bond motifs is 1. The number of anilines is 1. The summed E-state index contributed by atoms with van der Waals surface area (Å²) in [5.41, 5.74) is 0.564.